The average Bonchev–Trinajstić information content (AvgIpc) is 2.35. The lowest BCUT2D eigenvalue weighted by Gasteiger charge is -2.30. The smallest absolute Gasteiger partial charge is 0.410 e. The van der Waals surface area contributed by atoms with Crippen molar-refractivity contribution in [2.24, 2.45) is 0 Å². The summed E-state index contributed by atoms with van der Waals surface area (Å²) >= 11 is 0. The Morgan fingerprint density at radius 1 is 1.47 bits per heavy atom. The molecule has 0 spiro atoms. The molecule has 2 heterocycles. The minimum Gasteiger partial charge on any atom is -0.444 e. The first-order valence-corrected chi connectivity index (χ1v) is 6.39. The Bertz CT molecular complexity index is 482. The highest BCUT2D eigenvalue weighted by molar-refractivity contribution is 5.68. The van der Waals surface area contributed by atoms with Crippen molar-refractivity contribution in [3.63, 3.8) is 0 Å². The van der Waals surface area contributed by atoms with Crippen molar-refractivity contribution in [3.8, 4) is 0 Å². The Labute approximate surface area is 113 Å². The number of rotatable bonds is 1. The summed E-state index contributed by atoms with van der Waals surface area (Å²) in [7, 11) is 1.79. The number of hydrogen-bond acceptors (Lipinski definition) is 5. The van der Waals surface area contributed by atoms with Gasteiger partial charge in [-0.15, -0.1) is 0 Å². The number of ether oxygens (including phenoxy) is 1. The van der Waals surface area contributed by atoms with E-state index in [0.717, 1.165) is 17.7 Å². The monoisotopic (exact) mass is 264 g/mol. The number of fused-ring (bicyclic) bond motifs is 1. The maximum Gasteiger partial charge on any atom is 0.410 e. The molecule has 1 aliphatic heterocycles. The zero-order chi connectivity index (χ0) is 14.0. The molecule has 0 radical (unpaired) electrons. The second-order valence-electron chi connectivity index (χ2n) is 5.57. The second-order valence-corrected chi connectivity index (χ2v) is 5.57. The van der Waals surface area contributed by atoms with Crippen LogP contribution in [-0.2, 0) is 17.7 Å². The maximum absolute atomic E-state index is 12.0. The third-order valence-corrected chi connectivity index (χ3v) is 2.81. The lowest BCUT2D eigenvalue weighted by atomic mass is 10.1. The lowest BCUT2D eigenvalue weighted by molar-refractivity contribution is 0.0222. The minimum absolute atomic E-state index is 0.282. The Hall–Kier alpha value is -1.85. The molecule has 104 valence electrons. The summed E-state index contributed by atoms with van der Waals surface area (Å²) < 4.78 is 5.37. The third kappa shape index (κ3) is 3.33. The number of aromatic nitrogens is 2. The molecule has 0 fully saturated rings. The zero-order valence-corrected chi connectivity index (χ0v) is 11.9. The van der Waals surface area contributed by atoms with Crippen molar-refractivity contribution in [2.75, 3.05) is 18.9 Å². The minimum atomic E-state index is -0.468. The first-order valence-electron chi connectivity index (χ1n) is 6.39. The number of nitrogens with zero attached hydrogens (tertiary/aromatic N) is 3. The molecule has 1 aromatic rings. The van der Waals surface area contributed by atoms with Crippen LogP contribution in [0.1, 0.15) is 32.0 Å². The Morgan fingerprint density at radius 2 is 2.21 bits per heavy atom. The predicted octanol–water partition coefficient (Wildman–Crippen LogP) is 1.81. The maximum atomic E-state index is 12.0. The Kier molecular flexibility index (Phi) is 3.59. The van der Waals surface area contributed by atoms with Crippen molar-refractivity contribution < 1.29 is 9.53 Å². The molecule has 0 bridgehead atoms. The molecule has 1 aliphatic rings. The molecule has 0 unspecified atom stereocenters. The highest BCUT2D eigenvalue weighted by Gasteiger charge is 2.26. The number of anilines is 1. The van der Waals surface area contributed by atoms with Crippen LogP contribution in [-0.4, -0.2) is 40.2 Å². The van der Waals surface area contributed by atoms with Crippen molar-refractivity contribution in [3.05, 3.63) is 17.5 Å². The molecule has 0 aliphatic carbocycles. The van der Waals surface area contributed by atoms with Gasteiger partial charge < -0.3 is 15.0 Å². The molecule has 6 nitrogen and oxygen atoms in total. The molecule has 2 rings (SSSR count). The number of amides is 1. The van der Waals surface area contributed by atoms with Gasteiger partial charge in [0.1, 0.15) is 5.60 Å². The summed E-state index contributed by atoms with van der Waals surface area (Å²) in [5, 5.41) is 2.91. The van der Waals surface area contributed by atoms with Gasteiger partial charge in [-0.25, -0.2) is 14.8 Å². The first kappa shape index (κ1) is 13.6. The van der Waals surface area contributed by atoms with Crippen LogP contribution in [0.15, 0.2) is 6.20 Å². The van der Waals surface area contributed by atoms with E-state index in [2.05, 4.69) is 15.3 Å². The highest BCUT2D eigenvalue weighted by Crippen LogP contribution is 2.19. The topological polar surface area (TPSA) is 67.4 Å². The fourth-order valence-electron chi connectivity index (χ4n) is 1.92. The van der Waals surface area contributed by atoms with Gasteiger partial charge in [0.2, 0.25) is 5.95 Å². The van der Waals surface area contributed by atoms with Crippen LogP contribution in [0.25, 0.3) is 0 Å². The number of hydrogen-bond donors (Lipinski definition) is 1. The molecule has 0 saturated carbocycles. The normalized spacial score (nSPS) is 14.8. The SMILES string of the molecule is CNc1ncc2c(n1)CCN(C(=O)OC(C)(C)C)C2. The molecule has 19 heavy (non-hydrogen) atoms. The van der Waals surface area contributed by atoms with Crippen LogP contribution in [0.2, 0.25) is 0 Å². The predicted molar refractivity (Wildman–Crippen MR) is 71.9 cm³/mol. The molecule has 1 N–H and O–H groups in total. The molecule has 0 aromatic carbocycles. The van der Waals surface area contributed by atoms with Crippen molar-refractivity contribution in [1.29, 1.82) is 0 Å². The summed E-state index contributed by atoms with van der Waals surface area (Å²) in [5.74, 6) is 0.615. The van der Waals surface area contributed by atoms with Crippen LogP contribution in [0.3, 0.4) is 0 Å². The average molecular weight is 264 g/mol. The first-order chi connectivity index (χ1) is 8.89. The van der Waals surface area contributed by atoms with Gasteiger partial charge in [-0.3, -0.25) is 0 Å². The van der Waals surface area contributed by atoms with E-state index in [1.165, 1.54) is 0 Å². The standard InChI is InChI=1S/C13H20N4O2/c1-13(2,3)19-12(18)17-6-5-10-9(8-17)7-15-11(14-4)16-10/h7H,5-6,8H2,1-4H3,(H,14,15,16). The second kappa shape index (κ2) is 5.03. The number of carbonyl (C=O) groups is 1. The molecule has 1 amide bonds. The van der Waals surface area contributed by atoms with Crippen LogP contribution in [0, 0.1) is 0 Å². The van der Waals surface area contributed by atoms with Gasteiger partial charge >= 0.3 is 6.09 Å². The van der Waals surface area contributed by atoms with E-state index in [1.54, 1.807) is 18.1 Å². The van der Waals surface area contributed by atoms with Gasteiger partial charge in [-0.2, -0.15) is 0 Å². The molecular weight excluding hydrogens is 244 g/mol. The van der Waals surface area contributed by atoms with E-state index >= 15 is 0 Å². The molecule has 6 heteroatoms. The van der Waals surface area contributed by atoms with Crippen LogP contribution < -0.4 is 5.32 Å². The number of nitrogens with one attached hydrogen (secondary N) is 1. The van der Waals surface area contributed by atoms with Crippen molar-refractivity contribution >= 4 is 12.0 Å². The summed E-state index contributed by atoms with van der Waals surface area (Å²) in [6.07, 6.45) is 2.21. The summed E-state index contributed by atoms with van der Waals surface area (Å²) in [6.45, 7) is 6.73. The van der Waals surface area contributed by atoms with E-state index in [4.69, 9.17) is 4.74 Å². The van der Waals surface area contributed by atoms with Gasteiger partial charge in [0.15, 0.2) is 0 Å². The van der Waals surface area contributed by atoms with Crippen molar-refractivity contribution in [2.45, 2.75) is 39.3 Å². The van der Waals surface area contributed by atoms with Crippen molar-refractivity contribution in [1.82, 2.24) is 14.9 Å². The summed E-state index contributed by atoms with van der Waals surface area (Å²) in [5.41, 5.74) is 1.51. The van der Waals surface area contributed by atoms with Crippen LogP contribution >= 0.6 is 0 Å². The third-order valence-electron chi connectivity index (χ3n) is 2.81. The van der Waals surface area contributed by atoms with Gasteiger partial charge in [-0.1, -0.05) is 0 Å². The van der Waals surface area contributed by atoms with Gasteiger partial charge in [0, 0.05) is 31.8 Å². The fourth-order valence-corrected chi connectivity index (χ4v) is 1.92. The van der Waals surface area contributed by atoms with Crippen LogP contribution in [0.5, 0.6) is 0 Å². The fraction of sp³-hybridized carbons (Fsp3) is 0.615. The van der Waals surface area contributed by atoms with E-state index in [1.807, 2.05) is 20.8 Å². The highest BCUT2D eigenvalue weighted by atomic mass is 16.6. The molecular formula is C13H20N4O2. The van der Waals surface area contributed by atoms with Crippen LogP contribution in [0.4, 0.5) is 10.7 Å². The molecule has 0 atom stereocenters. The van der Waals surface area contributed by atoms with E-state index in [-0.39, 0.29) is 6.09 Å². The van der Waals surface area contributed by atoms with Gasteiger partial charge in [0.05, 0.1) is 12.2 Å². The quantitative estimate of drug-likeness (QED) is 0.838. The number of carbonyl (C=O) groups excluding carboxylic acids is 1. The van der Waals surface area contributed by atoms with E-state index < -0.39 is 5.60 Å². The van der Waals surface area contributed by atoms with Gasteiger partial charge in [0.25, 0.3) is 0 Å². The zero-order valence-electron chi connectivity index (χ0n) is 11.9. The lowest BCUT2D eigenvalue weighted by Crippen LogP contribution is -2.40. The molecule has 1 aromatic heterocycles. The van der Waals surface area contributed by atoms with E-state index in [9.17, 15) is 4.79 Å². The van der Waals surface area contributed by atoms with Gasteiger partial charge in [-0.05, 0) is 20.8 Å². The largest absolute Gasteiger partial charge is 0.444 e. The molecule has 0 saturated heterocycles. The van der Waals surface area contributed by atoms with E-state index in [0.29, 0.717) is 19.0 Å². The Balaban J connectivity index is 2.08. The summed E-state index contributed by atoms with van der Waals surface area (Å²) in [4.78, 5) is 22.3. The Morgan fingerprint density at radius 3 is 2.84 bits per heavy atom. The summed E-state index contributed by atoms with van der Waals surface area (Å²) in [6, 6.07) is 0.